The number of anilines is 1. The molecule has 7 nitrogen and oxygen atoms in total. The number of aromatic nitrogens is 2. The summed E-state index contributed by atoms with van der Waals surface area (Å²) < 4.78 is 2.10. The number of aryl methyl sites for hydroxylation is 1. The molecule has 1 aromatic carbocycles. The molecule has 0 atom stereocenters. The summed E-state index contributed by atoms with van der Waals surface area (Å²) in [5.74, 6) is 1.74. The second-order valence-electron chi connectivity index (χ2n) is 6.90. The van der Waals surface area contributed by atoms with Gasteiger partial charge >= 0.3 is 0 Å². The van der Waals surface area contributed by atoms with Crippen LogP contribution in [0.15, 0.2) is 46.6 Å². The lowest BCUT2D eigenvalue weighted by Gasteiger charge is -2.45. The maximum atomic E-state index is 6.29. The predicted molar refractivity (Wildman–Crippen MR) is 104 cm³/mol. The van der Waals surface area contributed by atoms with E-state index in [9.17, 15) is 0 Å². The Kier molecular flexibility index (Phi) is 4.14. The lowest BCUT2D eigenvalue weighted by Crippen LogP contribution is -2.58. The first kappa shape index (κ1) is 16.6. The van der Waals surface area contributed by atoms with Gasteiger partial charge in [0, 0.05) is 30.2 Å². The van der Waals surface area contributed by atoms with Crippen LogP contribution in [-0.4, -0.2) is 27.1 Å². The fourth-order valence-corrected chi connectivity index (χ4v) is 4.09. The molecule has 2 aliphatic rings. The first-order valence-electron chi connectivity index (χ1n) is 9.25. The minimum atomic E-state index is -0.404. The van der Waals surface area contributed by atoms with Crippen LogP contribution in [0.2, 0.25) is 0 Å². The number of guanidine groups is 2. The molecule has 0 amide bonds. The Labute approximate surface area is 153 Å². The van der Waals surface area contributed by atoms with E-state index in [-0.39, 0.29) is 5.96 Å². The van der Waals surface area contributed by atoms with E-state index >= 15 is 0 Å². The van der Waals surface area contributed by atoms with Gasteiger partial charge in [-0.15, -0.1) is 0 Å². The zero-order chi connectivity index (χ0) is 18.1. The number of nitrogens with two attached hydrogens (primary N) is 2. The molecule has 1 spiro atoms. The summed E-state index contributed by atoms with van der Waals surface area (Å²) in [7, 11) is 0. The second-order valence-corrected chi connectivity index (χ2v) is 6.90. The number of hydrogen-bond donors (Lipinski definition) is 2. The van der Waals surface area contributed by atoms with Crippen molar-refractivity contribution in [2.75, 3.05) is 4.90 Å². The molecule has 1 fully saturated rings. The molecule has 0 unspecified atom stereocenters. The molecule has 2 aromatic rings. The zero-order valence-corrected chi connectivity index (χ0v) is 15.1. The van der Waals surface area contributed by atoms with Gasteiger partial charge in [0.1, 0.15) is 11.5 Å². The van der Waals surface area contributed by atoms with Crippen LogP contribution in [0.4, 0.5) is 5.69 Å². The zero-order valence-electron chi connectivity index (χ0n) is 15.1. The van der Waals surface area contributed by atoms with Crippen molar-refractivity contribution >= 4 is 17.6 Å². The molecule has 26 heavy (non-hydrogen) atoms. The van der Waals surface area contributed by atoms with Gasteiger partial charge in [-0.05, 0) is 49.9 Å². The highest BCUT2D eigenvalue weighted by molar-refractivity contribution is 6.05. The van der Waals surface area contributed by atoms with Crippen molar-refractivity contribution in [2.24, 2.45) is 21.5 Å². The number of nitrogens with zero attached hydrogens (tertiary/aromatic N) is 5. The molecular formula is C19H25N7. The molecule has 0 radical (unpaired) electrons. The van der Waals surface area contributed by atoms with Crippen LogP contribution in [0.1, 0.15) is 44.9 Å². The molecule has 1 aliphatic carbocycles. The third kappa shape index (κ3) is 2.73. The summed E-state index contributed by atoms with van der Waals surface area (Å²) in [5.41, 5.74) is 13.9. The molecule has 0 bridgehead atoms. The van der Waals surface area contributed by atoms with Gasteiger partial charge in [-0.3, -0.25) is 4.90 Å². The first-order valence-corrected chi connectivity index (χ1v) is 9.25. The van der Waals surface area contributed by atoms with Crippen molar-refractivity contribution in [1.82, 2.24) is 9.55 Å². The number of hydrogen-bond acceptors (Lipinski definition) is 6. The Morgan fingerprint density at radius 3 is 2.42 bits per heavy atom. The fraction of sp³-hybridized carbons (Fsp3) is 0.421. The van der Waals surface area contributed by atoms with E-state index in [0.29, 0.717) is 5.96 Å². The highest BCUT2D eigenvalue weighted by Gasteiger charge is 2.42. The SMILES string of the molecule is CCc1nccn1-c1ccc(N2C(N)=NC(N)=NC23CCCCC3)cc1. The summed E-state index contributed by atoms with van der Waals surface area (Å²) in [6.07, 6.45) is 10.0. The van der Waals surface area contributed by atoms with Crippen molar-refractivity contribution in [2.45, 2.75) is 51.1 Å². The number of aliphatic imine (C=N–C) groups is 2. The summed E-state index contributed by atoms with van der Waals surface area (Å²) >= 11 is 0. The molecule has 2 heterocycles. The highest BCUT2D eigenvalue weighted by Crippen LogP contribution is 2.39. The molecule has 0 saturated heterocycles. The molecule has 1 aliphatic heterocycles. The monoisotopic (exact) mass is 351 g/mol. The van der Waals surface area contributed by atoms with Gasteiger partial charge in [0.15, 0.2) is 0 Å². The predicted octanol–water partition coefficient (Wildman–Crippen LogP) is 2.54. The van der Waals surface area contributed by atoms with Crippen LogP contribution in [0.5, 0.6) is 0 Å². The molecule has 1 saturated carbocycles. The van der Waals surface area contributed by atoms with Crippen LogP contribution >= 0.6 is 0 Å². The number of rotatable bonds is 3. The van der Waals surface area contributed by atoms with Crippen LogP contribution < -0.4 is 16.4 Å². The smallest absolute Gasteiger partial charge is 0.220 e. The van der Waals surface area contributed by atoms with Crippen molar-refractivity contribution in [3.8, 4) is 5.69 Å². The largest absolute Gasteiger partial charge is 0.369 e. The highest BCUT2D eigenvalue weighted by atomic mass is 15.4. The first-order chi connectivity index (χ1) is 12.6. The van der Waals surface area contributed by atoms with Gasteiger partial charge in [-0.1, -0.05) is 13.3 Å². The summed E-state index contributed by atoms with van der Waals surface area (Å²) in [6.45, 7) is 2.10. The Morgan fingerprint density at radius 1 is 1.04 bits per heavy atom. The van der Waals surface area contributed by atoms with E-state index < -0.39 is 5.66 Å². The van der Waals surface area contributed by atoms with Crippen LogP contribution in [0, 0.1) is 0 Å². The van der Waals surface area contributed by atoms with Gasteiger partial charge in [-0.2, -0.15) is 4.99 Å². The Morgan fingerprint density at radius 2 is 1.73 bits per heavy atom. The standard InChI is InChI=1S/C19H25N7/c1-2-16-22-12-13-25(16)14-6-8-15(9-7-14)26-18(21)23-17(20)24-19(26)10-4-3-5-11-19/h6-9,12-13H,2-5,10-11H2,1H3,(H4,20,21,23,24). The minimum Gasteiger partial charge on any atom is -0.369 e. The fourth-order valence-electron chi connectivity index (χ4n) is 4.09. The van der Waals surface area contributed by atoms with Crippen molar-refractivity contribution in [1.29, 1.82) is 0 Å². The lowest BCUT2D eigenvalue weighted by atomic mass is 9.87. The number of imidazole rings is 1. The van der Waals surface area contributed by atoms with Crippen molar-refractivity contribution < 1.29 is 0 Å². The molecule has 4 N–H and O–H groups in total. The Balaban J connectivity index is 1.70. The maximum Gasteiger partial charge on any atom is 0.220 e. The van der Waals surface area contributed by atoms with Gasteiger partial charge in [0.25, 0.3) is 0 Å². The van der Waals surface area contributed by atoms with Crippen molar-refractivity contribution in [3.63, 3.8) is 0 Å². The molecule has 7 heteroatoms. The van der Waals surface area contributed by atoms with Crippen LogP contribution in [0.25, 0.3) is 5.69 Å². The Bertz CT molecular complexity index is 841. The van der Waals surface area contributed by atoms with E-state index in [2.05, 4.69) is 50.6 Å². The summed E-state index contributed by atoms with van der Waals surface area (Å²) in [5, 5.41) is 0. The van der Waals surface area contributed by atoms with E-state index in [1.54, 1.807) is 0 Å². The topological polar surface area (TPSA) is 97.8 Å². The van der Waals surface area contributed by atoms with Gasteiger partial charge in [0.2, 0.25) is 11.9 Å². The van der Waals surface area contributed by atoms with E-state index in [1.807, 2.05) is 12.4 Å². The second kappa shape index (κ2) is 6.48. The minimum absolute atomic E-state index is 0.281. The Hall–Kier alpha value is -2.83. The van der Waals surface area contributed by atoms with E-state index in [4.69, 9.17) is 16.5 Å². The summed E-state index contributed by atoms with van der Waals surface area (Å²) in [4.78, 5) is 15.4. The van der Waals surface area contributed by atoms with Crippen LogP contribution in [0.3, 0.4) is 0 Å². The van der Waals surface area contributed by atoms with Gasteiger partial charge < -0.3 is 16.0 Å². The molecule has 136 valence electrons. The summed E-state index contributed by atoms with van der Waals surface area (Å²) in [6, 6.07) is 8.32. The molecule has 4 rings (SSSR count). The van der Waals surface area contributed by atoms with Crippen LogP contribution in [-0.2, 0) is 6.42 Å². The third-order valence-electron chi connectivity index (χ3n) is 5.27. The molecule has 1 aromatic heterocycles. The third-order valence-corrected chi connectivity index (χ3v) is 5.27. The quantitative estimate of drug-likeness (QED) is 0.888. The van der Waals surface area contributed by atoms with E-state index in [0.717, 1.165) is 49.3 Å². The van der Waals surface area contributed by atoms with Gasteiger partial charge in [0.05, 0.1) is 0 Å². The normalized spacial score (nSPS) is 19.3. The lowest BCUT2D eigenvalue weighted by molar-refractivity contribution is 0.305. The average molecular weight is 351 g/mol. The van der Waals surface area contributed by atoms with Gasteiger partial charge in [-0.25, -0.2) is 9.98 Å². The average Bonchev–Trinajstić information content (AvgIpc) is 3.11. The number of benzene rings is 1. The molecular weight excluding hydrogens is 326 g/mol. The maximum absolute atomic E-state index is 6.29. The van der Waals surface area contributed by atoms with E-state index in [1.165, 1.54) is 6.42 Å². The van der Waals surface area contributed by atoms with Crippen molar-refractivity contribution in [3.05, 3.63) is 42.5 Å².